The van der Waals surface area contributed by atoms with Crippen LogP contribution in [0.3, 0.4) is 0 Å². The SMILES string of the molecule is CCN(CC)c1ccc(/C=C2/OC(=O)N(c3ccccc3)C2=O)cc1. The van der Waals surface area contributed by atoms with Gasteiger partial charge >= 0.3 is 12.0 Å². The number of carbonyl (C=O) groups excluding carboxylic acids is 2. The van der Waals surface area contributed by atoms with Crippen molar-refractivity contribution in [2.24, 2.45) is 0 Å². The number of cyclic esters (lactones) is 1. The zero-order valence-corrected chi connectivity index (χ0v) is 14.3. The molecule has 0 saturated carbocycles. The minimum Gasteiger partial charge on any atom is -0.404 e. The summed E-state index contributed by atoms with van der Waals surface area (Å²) in [6, 6.07) is 16.6. The lowest BCUT2D eigenvalue weighted by molar-refractivity contribution is -0.114. The van der Waals surface area contributed by atoms with Crippen molar-refractivity contribution >= 4 is 29.5 Å². The van der Waals surface area contributed by atoms with E-state index in [2.05, 4.69) is 18.7 Å². The normalized spacial score (nSPS) is 15.6. The Kier molecular flexibility index (Phi) is 4.84. The summed E-state index contributed by atoms with van der Waals surface area (Å²) < 4.78 is 5.15. The molecule has 0 unspecified atom stereocenters. The third-order valence-corrected chi connectivity index (χ3v) is 4.13. The standard InChI is InChI=1S/C20H20N2O3/c1-3-21(4-2)16-12-10-15(11-13-16)14-18-19(23)22(20(24)25-18)17-8-6-5-7-9-17/h5-14H,3-4H2,1-2H3/b18-14+. The Morgan fingerprint density at radius 2 is 1.60 bits per heavy atom. The molecule has 2 amide bonds. The Hall–Kier alpha value is -3.08. The zero-order valence-electron chi connectivity index (χ0n) is 14.3. The van der Waals surface area contributed by atoms with Crippen LogP contribution in [0.4, 0.5) is 16.2 Å². The molecule has 5 nitrogen and oxygen atoms in total. The predicted octanol–water partition coefficient (Wildman–Crippen LogP) is 4.06. The minimum atomic E-state index is -0.679. The average molecular weight is 336 g/mol. The van der Waals surface area contributed by atoms with Crippen LogP contribution in [0.15, 0.2) is 60.4 Å². The Morgan fingerprint density at radius 1 is 0.960 bits per heavy atom. The number of rotatable bonds is 5. The molecule has 5 heteroatoms. The van der Waals surface area contributed by atoms with Crippen LogP contribution in [0.5, 0.6) is 0 Å². The molecule has 1 fully saturated rings. The number of amides is 2. The van der Waals surface area contributed by atoms with Gasteiger partial charge in [0.1, 0.15) is 0 Å². The van der Waals surface area contributed by atoms with Crippen LogP contribution in [0, 0.1) is 0 Å². The van der Waals surface area contributed by atoms with Crippen molar-refractivity contribution in [3.05, 3.63) is 65.9 Å². The van der Waals surface area contributed by atoms with Gasteiger partial charge in [-0.3, -0.25) is 4.79 Å². The highest BCUT2D eigenvalue weighted by atomic mass is 16.6. The molecule has 1 heterocycles. The van der Waals surface area contributed by atoms with E-state index in [9.17, 15) is 9.59 Å². The monoisotopic (exact) mass is 336 g/mol. The van der Waals surface area contributed by atoms with Crippen LogP contribution in [-0.4, -0.2) is 25.1 Å². The van der Waals surface area contributed by atoms with Crippen molar-refractivity contribution in [3.63, 3.8) is 0 Å². The quantitative estimate of drug-likeness (QED) is 0.773. The van der Waals surface area contributed by atoms with E-state index < -0.39 is 12.0 Å². The third kappa shape index (κ3) is 3.40. The van der Waals surface area contributed by atoms with E-state index in [0.717, 1.165) is 29.2 Å². The van der Waals surface area contributed by atoms with Crippen LogP contribution >= 0.6 is 0 Å². The summed E-state index contributed by atoms with van der Waals surface area (Å²) in [5.74, 6) is -0.423. The van der Waals surface area contributed by atoms with E-state index in [1.807, 2.05) is 30.3 Å². The largest absolute Gasteiger partial charge is 0.427 e. The van der Waals surface area contributed by atoms with E-state index in [-0.39, 0.29) is 5.76 Å². The molecule has 1 aliphatic rings. The number of hydrogen-bond acceptors (Lipinski definition) is 4. The second kappa shape index (κ2) is 7.21. The topological polar surface area (TPSA) is 49.9 Å². The van der Waals surface area contributed by atoms with Gasteiger partial charge in [-0.1, -0.05) is 30.3 Å². The molecular weight excluding hydrogens is 316 g/mol. The van der Waals surface area contributed by atoms with Crippen LogP contribution in [0.2, 0.25) is 0 Å². The average Bonchev–Trinajstić information content (AvgIpc) is 2.91. The number of hydrogen-bond donors (Lipinski definition) is 0. The lowest BCUT2D eigenvalue weighted by Crippen LogP contribution is -2.28. The maximum Gasteiger partial charge on any atom is 0.427 e. The van der Waals surface area contributed by atoms with Crippen LogP contribution in [-0.2, 0) is 9.53 Å². The minimum absolute atomic E-state index is 0.0319. The van der Waals surface area contributed by atoms with Crippen molar-refractivity contribution in [1.82, 2.24) is 0 Å². The fourth-order valence-corrected chi connectivity index (χ4v) is 2.79. The maximum atomic E-state index is 12.5. The lowest BCUT2D eigenvalue weighted by Gasteiger charge is -2.20. The Morgan fingerprint density at radius 3 is 2.20 bits per heavy atom. The molecule has 0 N–H and O–H groups in total. The first kappa shape index (κ1) is 16.8. The molecule has 2 aromatic carbocycles. The molecule has 3 rings (SSSR count). The smallest absolute Gasteiger partial charge is 0.404 e. The van der Waals surface area contributed by atoms with Crippen molar-refractivity contribution in [1.29, 1.82) is 0 Å². The van der Waals surface area contributed by atoms with Crippen LogP contribution in [0.25, 0.3) is 6.08 Å². The van der Waals surface area contributed by atoms with Gasteiger partial charge in [0, 0.05) is 18.8 Å². The molecule has 0 spiro atoms. The first-order chi connectivity index (χ1) is 12.1. The van der Waals surface area contributed by atoms with Crippen LogP contribution in [0.1, 0.15) is 19.4 Å². The molecule has 0 aliphatic carbocycles. The maximum absolute atomic E-state index is 12.5. The van der Waals surface area contributed by atoms with E-state index in [1.54, 1.807) is 30.3 Å². The first-order valence-corrected chi connectivity index (χ1v) is 8.32. The first-order valence-electron chi connectivity index (χ1n) is 8.32. The van der Waals surface area contributed by atoms with E-state index >= 15 is 0 Å². The highest BCUT2D eigenvalue weighted by Gasteiger charge is 2.37. The van der Waals surface area contributed by atoms with E-state index in [0.29, 0.717) is 5.69 Å². The number of anilines is 2. The second-order valence-corrected chi connectivity index (χ2v) is 5.62. The zero-order chi connectivity index (χ0) is 17.8. The fourth-order valence-electron chi connectivity index (χ4n) is 2.79. The fraction of sp³-hybridized carbons (Fsp3) is 0.200. The number of benzene rings is 2. The Bertz CT molecular complexity index is 793. The molecule has 2 aromatic rings. The number of ether oxygens (including phenoxy) is 1. The molecule has 1 saturated heterocycles. The summed E-state index contributed by atoms with van der Waals surface area (Å²) >= 11 is 0. The van der Waals surface area contributed by atoms with Gasteiger partial charge in [0.25, 0.3) is 0 Å². The van der Waals surface area contributed by atoms with Crippen molar-refractivity contribution in [2.45, 2.75) is 13.8 Å². The number of carbonyl (C=O) groups is 2. The Balaban J connectivity index is 1.82. The number of imide groups is 1. The Labute approximate surface area is 147 Å². The lowest BCUT2D eigenvalue weighted by atomic mass is 10.1. The number of nitrogens with zero attached hydrogens (tertiary/aromatic N) is 2. The van der Waals surface area contributed by atoms with E-state index in [4.69, 9.17) is 4.74 Å². The summed E-state index contributed by atoms with van der Waals surface area (Å²) in [7, 11) is 0. The molecule has 0 aromatic heterocycles. The summed E-state index contributed by atoms with van der Waals surface area (Å²) in [6.45, 7) is 6.07. The molecule has 0 bridgehead atoms. The molecular formula is C20H20N2O3. The summed E-state index contributed by atoms with van der Waals surface area (Å²) in [5, 5.41) is 0. The summed E-state index contributed by atoms with van der Waals surface area (Å²) in [4.78, 5) is 27.8. The van der Waals surface area contributed by atoms with Gasteiger partial charge in [-0.05, 0) is 49.8 Å². The molecule has 25 heavy (non-hydrogen) atoms. The van der Waals surface area contributed by atoms with Gasteiger partial charge in [-0.2, -0.15) is 0 Å². The molecule has 128 valence electrons. The van der Waals surface area contributed by atoms with Crippen molar-refractivity contribution in [2.75, 3.05) is 22.9 Å². The highest BCUT2D eigenvalue weighted by Crippen LogP contribution is 2.26. The van der Waals surface area contributed by atoms with Gasteiger partial charge in [0.15, 0.2) is 5.76 Å². The predicted molar refractivity (Wildman–Crippen MR) is 98.4 cm³/mol. The third-order valence-electron chi connectivity index (χ3n) is 4.13. The summed E-state index contributed by atoms with van der Waals surface area (Å²) in [6.07, 6.45) is 0.914. The van der Waals surface area contributed by atoms with Gasteiger partial charge in [-0.15, -0.1) is 0 Å². The van der Waals surface area contributed by atoms with E-state index in [1.165, 1.54) is 0 Å². The van der Waals surface area contributed by atoms with Gasteiger partial charge in [0.2, 0.25) is 0 Å². The second-order valence-electron chi connectivity index (χ2n) is 5.62. The van der Waals surface area contributed by atoms with Gasteiger partial charge < -0.3 is 9.64 Å². The molecule has 1 aliphatic heterocycles. The highest BCUT2D eigenvalue weighted by molar-refractivity contribution is 6.24. The van der Waals surface area contributed by atoms with Crippen molar-refractivity contribution < 1.29 is 14.3 Å². The summed E-state index contributed by atoms with van der Waals surface area (Å²) in [5.41, 5.74) is 2.42. The van der Waals surface area contributed by atoms with Gasteiger partial charge in [-0.25, -0.2) is 9.69 Å². The van der Waals surface area contributed by atoms with Gasteiger partial charge in [0.05, 0.1) is 5.69 Å². The number of para-hydroxylation sites is 1. The molecule has 0 atom stereocenters. The van der Waals surface area contributed by atoms with Crippen molar-refractivity contribution in [3.8, 4) is 0 Å². The van der Waals surface area contributed by atoms with Crippen LogP contribution < -0.4 is 9.80 Å². The molecule has 0 radical (unpaired) electrons.